The highest BCUT2D eigenvalue weighted by Gasteiger charge is 2.47. The first kappa shape index (κ1) is 13.5. The van der Waals surface area contributed by atoms with E-state index in [0.29, 0.717) is 0 Å². The second-order valence-corrected chi connectivity index (χ2v) is 3.57. The predicted octanol–water partition coefficient (Wildman–Crippen LogP) is 1.03. The van der Waals surface area contributed by atoms with E-state index in [4.69, 9.17) is 0 Å². The first-order chi connectivity index (χ1) is 7.98. The average molecular weight is 245 g/mol. The van der Waals surface area contributed by atoms with Crippen LogP contribution in [-0.4, -0.2) is 23.1 Å². The molecule has 0 aliphatic heterocycles. The van der Waals surface area contributed by atoms with Gasteiger partial charge in [-0.05, 0) is 18.4 Å². The van der Waals surface area contributed by atoms with E-state index in [1.807, 2.05) is 0 Å². The van der Waals surface area contributed by atoms with E-state index in [1.54, 1.807) is 30.3 Å². The van der Waals surface area contributed by atoms with Gasteiger partial charge >= 0.3 is 11.9 Å². The van der Waals surface area contributed by atoms with Crippen molar-refractivity contribution < 1.29 is 23.5 Å². The number of carbonyl (C=O) groups excluding carboxylic acids is 1. The summed E-state index contributed by atoms with van der Waals surface area (Å²) in [6, 6.07) is 8.79. The van der Waals surface area contributed by atoms with Crippen LogP contribution in [0.3, 0.4) is 0 Å². The third kappa shape index (κ3) is 3.47. The summed E-state index contributed by atoms with van der Waals surface area (Å²) < 4.78 is 26.2. The summed E-state index contributed by atoms with van der Waals surface area (Å²) in [4.78, 5) is 14.1. The Balaban J connectivity index is 2.55. The molecule has 0 aliphatic carbocycles. The molecule has 6 heteroatoms. The molecular weight excluding hydrogens is 232 g/mol. The molecule has 0 bridgehead atoms. The fourth-order valence-corrected chi connectivity index (χ4v) is 1.34. The summed E-state index contributed by atoms with van der Waals surface area (Å²) in [7, 11) is 0. The largest absolute Gasteiger partial charge is 0.398 e. The predicted molar refractivity (Wildman–Crippen MR) is 56.0 cm³/mol. The zero-order chi connectivity index (χ0) is 12.9. The lowest BCUT2D eigenvalue weighted by molar-refractivity contribution is -0.189. The van der Waals surface area contributed by atoms with Crippen molar-refractivity contribution in [2.24, 2.45) is 5.90 Å². The second kappa shape index (κ2) is 5.70. The third-order valence-electron chi connectivity index (χ3n) is 2.35. The lowest BCUT2D eigenvalue weighted by atomic mass is 10.0. The molecule has 0 unspecified atom stereocenters. The van der Waals surface area contributed by atoms with Crippen LogP contribution in [-0.2, 0) is 16.1 Å². The van der Waals surface area contributed by atoms with E-state index < -0.39 is 18.0 Å². The summed E-state index contributed by atoms with van der Waals surface area (Å²) >= 11 is 0. The molecule has 0 heterocycles. The van der Waals surface area contributed by atoms with E-state index in [1.165, 1.54) is 0 Å². The number of hydrogen-bond donors (Lipinski definition) is 2. The van der Waals surface area contributed by atoms with E-state index in [-0.39, 0.29) is 12.8 Å². The highest BCUT2D eigenvalue weighted by atomic mass is 19.3. The molecule has 0 radical (unpaired) electrons. The maximum atomic E-state index is 13.1. The molecule has 0 fully saturated rings. The van der Waals surface area contributed by atoms with Gasteiger partial charge in [0.2, 0.25) is 0 Å². The number of alkyl halides is 2. The van der Waals surface area contributed by atoms with E-state index in [0.717, 1.165) is 5.56 Å². The molecule has 0 spiro atoms. The molecule has 94 valence electrons. The fraction of sp³-hybridized carbons (Fsp3) is 0.364. The number of aliphatic hydroxyl groups is 1. The summed E-state index contributed by atoms with van der Waals surface area (Å²) in [5.74, 6) is -1.55. The van der Waals surface area contributed by atoms with Crippen LogP contribution >= 0.6 is 0 Å². The van der Waals surface area contributed by atoms with E-state index in [9.17, 15) is 18.7 Å². The topological polar surface area (TPSA) is 72.5 Å². The van der Waals surface area contributed by atoms with Gasteiger partial charge in [-0.3, -0.25) is 0 Å². The minimum atomic E-state index is -3.98. The van der Waals surface area contributed by atoms with Gasteiger partial charge in [-0.2, -0.15) is 14.7 Å². The number of nitrogens with two attached hydrogens (primary N) is 1. The monoisotopic (exact) mass is 245 g/mol. The van der Waals surface area contributed by atoms with Gasteiger partial charge in [0.25, 0.3) is 0 Å². The molecule has 0 amide bonds. The first-order valence-corrected chi connectivity index (χ1v) is 4.99. The first-order valence-electron chi connectivity index (χ1n) is 4.99. The van der Waals surface area contributed by atoms with Crippen LogP contribution in [0.5, 0.6) is 0 Å². The Morgan fingerprint density at radius 1 is 1.41 bits per heavy atom. The van der Waals surface area contributed by atoms with Crippen molar-refractivity contribution >= 4 is 5.97 Å². The van der Waals surface area contributed by atoms with Crippen molar-refractivity contribution in [2.45, 2.75) is 24.9 Å². The van der Waals surface area contributed by atoms with Crippen LogP contribution in [0.1, 0.15) is 12.0 Å². The van der Waals surface area contributed by atoms with Gasteiger partial charge in [0.05, 0.1) is 0 Å². The molecule has 1 atom stereocenters. The molecule has 1 aromatic rings. The van der Waals surface area contributed by atoms with E-state index >= 15 is 0 Å². The number of aliphatic hydroxyl groups excluding tert-OH is 1. The molecule has 17 heavy (non-hydrogen) atoms. The van der Waals surface area contributed by atoms with Crippen LogP contribution in [0.2, 0.25) is 0 Å². The third-order valence-corrected chi connectivity index (χ3v) is 2.35. The van der Waals surface area contributed by atoms with Gasteiger partial charge in [-0.1, -0.05) is 30.3 Å². The molecule has 0 aromatic heterocycles. The Morgan fingerprint density at radius 3 is 2.53 bits per heavy atom. The Morgan fingerprint density at radius 2 is 2.00 bits per heavy atom. The number of halogens is 2. The molecule has 1 aromatic carbocycles. The average Bonchev–Trinajstić information content (AvgIpc) is 2.35. The number of aryl methyl sites for hydroxylation is 1. The number of benzene rings is 1. The van der Waals surface area contributed by atoms with Crippen molar-refractivity contribution in [1.29, 1.82) is 0 Å². The Bertz CT molecular complexity index is 370. The normalized spacial score (nSPS) is 13.2. The quantitative estimate of drug-likeness (QED) is 0.760. The van der Waals surface area contributed by atoms with Crippen LogP contribution in [0, 0.1) is 0 Å². The zero-order valence-corrected chi connectivity index (χ0v) is 8.98. The molecule has 0 saturated heterocycles. The summed E-state index contributed by atoms with van der Waals surface area (Å²) in [6.07, 6.45) is -2.14. The van der Waals surface area contributed by atoms with Crippen molar-refractivity contribution in [1.82, 2.24) is 0 Å². The second-order valence-electron chi connectivity index (χ2n) is 3.57. The standard InChI is InChI=1S/C11H13F2NO3/c12-11(13,10(16)17-14)9(15)7-6-8-4-2-1-3-5-8/h1-5,9,15H,6-7,14H2/t9-/m1/s1. The molecule has 4 nitrogen and oxygen atoms in total. The van der Waals surface area contributed by atoms with Crippen LogP contribution in [0.15, 0.2) is 30.3 Å². The van der Waals surface area contributed by atoms with E-state index in [2.05, 4.69) is 10.7 Å². The smallest absolute Gasteiger partial charge is 0.386 e. The lowest BCUT2D eigenvalue weighted by Gasteiger charge is -2.19. The minimum Gasteiger partial charge on any atom is -0.386 e. The number of carbonyl (C=O) groups is 1. The zero-order valence-electron chi connectivity index (χ0n) is 8.98. The van der Waals surface area contributed by atoms with Gasteiger partial charge in [0.1, 0.15) is 6.10 Å². The van der Waals surface area contributed by atoms with Crippen molar-refractivity contribution in [3.05, 3.63) is 35.9 Å². The Kier molecular flexibility index (Phi) is 4.53. The van der Waals surface area contributed by atoms with Crippen molar-refractivity contribution in [2.75, 3.05) is 0 Å². The van der Waals surface area contributed by atoms with Crippen LogP contribution < -0.4 is 5.90 Å². The number of rotatable bonds is 5. The maximum absolute atomic E-state index is 13.1. The van der Waals surface area contributed by atoms with Gasteiger partial charge in [0, 0.05) is 0 Å². The summed E-state index contributed by atoms with van der Waals surface area (Å²) in [5.41, 5.74) is 0.795. The highest BCUT2D eigenvalue weighted by molar-refractivity contribution is 5.77. The fourth-order valence-electron chi connectivity index (χ4n) is 1.34. The van der Waals surface area contributed by atoms with Gasteiger partial charge < -0.3 is 9.94 Å². The maximum Gasteiger partial charge on any atom is 0.398 e. The highest BCUT2D eigenvalue weighted by Crippen LogP contribution is 2.23. The van der Waals surface area contributed by atoms with Crippen LogP contribution in [0.4, 0.5) is 8.78 Å². The molecule has 1 rings (SSSR count). The SMILES string of the molecule is NOC(=O)C(F)(F)[C@H](O)CCc1ccccc1. The van der Waals surface area contributed by atoms with Crippen molar-refractivity contribution in [3.63, 3.8) is 0 Å². The Hall–Kier alpha value is -1.53. The van der Waals surface area contributed by atoms with Crippen LogP contribution in [0.25, 0.3) is 0 Å². The molecule has 0 saturated carbocycles. The van der Waals surface area contributed by atoms with Gasteiger partial charge in [0.15, 0.2) is 0 Å². The minimum absolute atomic E-state index is 0.232. The summed E-state index contributed by atoms with van der Waals surface area (Å²) in [5, 5.41) is 9.23. The van der Waals surface area contributed by atoms with Gasteiger partial charge in [-0.15, -0.1) is 0 Å². The molecule has 3 N–H and O–H groups in total. The number of hydrogen-bond acceptors (Lipinski definition) is 4. The molecule has 0 aliphatic rings. The Labute approximate surface area is 97.0 Å². The molecular formula is C11H13F2NO3. The summed E-state index contributed by atoms with van der Waals surface area (Å²) in [6.45, 7) is 0. The lowest BCUT2D eigenvalue weighted by Crippen LogP contribution is -2.43. The van der Waals surface area contributed by atoms with Gasteiger partial charge in [-0.25, -0.2) is 4.79 Å². The van der Waals surface area contributed by atoms with Crippen molar-refractivity contribution in [3.8, 4) is 0 Å².